The minimum atomic E-state index is 0.769. The Kier molecular flexibility index (Phi) is 1.61. The fourth-order valence-corrected chi connectivity index (χ4v) is 1.76. The monoisotopic (exact) mass is 226 g/mol. The topological polar surface area (TPSA) is 43.6 Å². The normalized spacial score (nSPS) is 10.9. The van der Waals surface area contributed by atoms with Gasteiger partial charge in [-0.25, -0.2) is 9.97 Å². The average Bonchev–Trinajstić information content (AvgIpc) is 2.29. The summed E-state index contributed by atoms with van der Waals surface area (Å²) in [6, 6.07) is 0. The lowest BCUT2D eigenvalue weighted by molar-refractivity contribution is 0.784. The van der Waals surface area contributed by atoms with Crippen LogP contribution in [0.15, 0.2) is 10.9 Å². The van der Waals surface area contributed by atoms with Crippen LogP contribution in [-0.2, 0) is 7.05 Å². The molecule has 0 aliphatic carbocycles. The number of fused-ring (bicyclic) bond motifs is 1. The zero-order chi connectivity index (χ0) is 8.72. The minimum Gasteiger partial charge on any atom is -0.263 e. The van der Waals surface area contributed by atoms with Crippen LogP contribution in [0, 0.1) is 6.92 Å². The van der Waals surface area contributed by atoms with Gasteiger partial charge in [0.15, 0.2) is 4.60 Å². The van der Waals surface area contributed by atoms with Gasteiger partial charge < -0.3 is 0 Å². The lowest BCUT2D eigenvalue weighted by Crippen LogP contribution is -1.93. The van der Waals surface area contributed by atoms with Crippen LogP contribution in [0.25, 0.3) is 11.0 Å². The number of rotatable bonds is 0. The van der Waals surface area contributed by atoms with E-state index in [0.717, 1.165) is 21.3 Å². The highest BCUT2D eigenvalue weighted by Crippen LogP contribution is 2.20. The maximum atomic E-state index is 4.18. The number of aromatic nitrogens is 4. The Labute approximate surface area is 77.8 Å². The first-order valence-corrected chi connectivity index (χ1v) is 4.29. The largest absolute Gasteiger partial charge is 0.263 e. The minimum absolute atomic E-state index is 0.769. The molecule has 2 aromatic rings. The quantitative estimate of drug-likeness (QED) is 0.683. The van der Waals surface area contributed by atoms with Crippen molar-refractivity contribution >= 4 is 27.0 Å². The van der Waals surface area contributed by atoms with Gasteiger partial charge >= 0.3 is 0 Å². The molecule has 62 valence electrons. The van der Waals surface area contributed by atoms with E-state index in [9.17, 15) is 0 Å². The predicted octanol–water partition coefficient (Wildman–Crippen LogP) is 1.43. The van der Waals surface area contributed by atoms with E-state index in [-0.39, 0.29) is 0 Å². The molecule has 0 bridgehead atoms. The fourth-order valence-electron chi connectivity index (χ4n) is 1.23. The van der Waals surface area contributed by atoms with Crippen LogP contribution in [0.5, 0.6) is 0 Å². The van der Waals surface area contributed by atoms with Crippen molar-refractivity contribution in [1.29, 1.82) is 0 Å². The van der Waals surface area contributed by atoms with Crippen LogP contribution in [0.4, 0.5) is 0 Å². The van der Waals surface area contributed by atoms with Crippen molar-refractivity contribution in [2.75, 3.05) is 0 Å². The van der Waals surface area contributed by atoms with Crippen molar-refractivity contribution < 1.29 is 0 Å². The Morgan fingerprint density at radius 1 is 1.42 bits per heavy atom. The second-order valence-electron chi connectivity index (χ2n) is 2.57. The van der Waals surface area contributed by atoms with Crippen LogP contribution in [-0.4, -0.2) is 19.7 Å². The predicted molar refractivity (Wildman–Crippen MR) is 48.7 cm³/mol. The van der Waals surface area contributed by atoms with Gasteiger partial charge in [-0.15, -0.1) is 0 Å². The van der Waals surface area contributed by atoms with Crippen molar-refractivity contribution in [3.05, 3.63) is 16.6 Å². The Morgan fingerprint density at radius 2 is 2.17 bits per heavy atom. The zero-order valence-corrected chi connectivity index (χ0v) is 8.33. The van der Waals surface area contributed by atoms with Gasteiger partial charge in [-0.1, -0.05) is 0 Å². The van der Waals surface area contributed by atoms with Crippen LogP contribution < -0.4 is 0 Å². The SMILES string of the molecule is Cc1ncnc2c(Br)nn(C)c12. The van der Waals surface area contributed by atoms with Gasteiger partial charge in [-0.3, -0.25) is 4.68 Å². The number of aryl methyl sites for hydroxylation is 2. The van der Waals surface area contributed by atoms with E-state index in [4.69, 9.17) is 0 Å². The summed E-state index contributed by atoms with van der Waals surface area (Å²) in [4.78, 5) is 8.21. The van der Waals surface area contributed by atoms with Gasteiger partial charge in [0, 0.05) is 7.05 Å². The number of nitrogens with zero attached hydrogens (tertiary/aromatic N) is 4. The molecule has 4 nitrogen and oxygen atoms in total. The molecule has 0 amide bonds. The third-order valence-electron chi connectivity index (χ3n) is 1.76. The Bertz CT molecular complexity index is 434. The molecule has 0 aromatic carbocycles. The molecule has 0 unspecified atom stereocenters. The summed E-state index contributed by atoms with van der Waals surface area (Å²) >= 11 is 3.33. The molecule has 5 heteroatoms. The first-order chi connectivity index (χ1) is 5.70. The summed E-state index contributed by atoms with van der Waals surface area (Å²) in [5.41, 5.74) is 2.79. The first-order valence-electron chi connectivity index (χ1n) is 3.50. The molecule has 0 aliphatic rings. The standard InChI is InChI=1S/C7H7BrN4/c1-4-6-5(10-3-9-4)7(8)11-12(6)2/h3H,1-2H3. The highest BCUT2D eigenvalue weighted by molar-refractivity contribution is 9.10. The second-order valence-corrected chi connectivity index (χ2v) is 3.32. The van der Waals surface area contributed by atoms with Gasteiger partial charge in [0.2, 0.25) is 0 Å². The van der Waals surface area contributed by atoms with Crippen LogP contribution >= 0.6 is 15.9 Å². The lowest BCUT2D eigenvalue weighted by Gasteiger charge is -1.95. The number of hydrogen-bond acceptors (Lipinski definition) is 3. The summed E-state index contributed by atoms with van der Waals surface area (Å²) in [7, 11) is 1.88. The van der Waals surface area contributed by atoms with E-state index >= 15 is 0 Å². The van der Waals surface area contributed by atoms with Crippen LogP contribution in [0.3, 0.4) is 0 Å². The van der Waals surface area contributed by atoms with Crippen LogP contribution in [0.2, 0.25) is 0 Å². The maximum absolute atomic E-state index is 4.18. The number of hydrogen-bond donors (Lipinski definition) is 0. The zero-order valence-electron chi connectivity index (χ0n) is 6.74. The maximum Gasteiger partial charge on any atom is 0.154 e. The van der Waals surface area contributed by atoms with Crippen molar-refractivity contribution in [1.82, 2.24) is 19.7 Å². The summed E-state index contributed by atoms with van der Waals surface area (Å²) < 4.78 is 2.54. The summed E-state index contributed by atoms with van der Waals surface area (Å²) in [5.74, 6) is 0. The molecule has 2 rings (SSSR count). The highest BCUT2D eigenvalue weighted by atomic mass is 79.9. The second kappa shape index (κ2) is 2.52. The van der Waals surface area contributed by atoms with Crippen LogP contribution in [0.1, 0.15) is 5.69 Å². The third kappa shape index (κ3) is 0.929. The highest BCUT2D eigenvalue weighted by Gasteiger charge is 2.09. The molecule has 0 aliphatic heterocycles. The van der Waals surface area contributed by atoms with Gasteiger partial charge in [-0.2, -0.15) is 5.10 Å². The summed E-state index contributed by atoms with van der Waals surface area (Å²) in [6.45, 7) is 1.94. The molecular weight excluding hydrogens is 220 g/mol. The van der Waals surface area contributed by atoms with Crippen molar-refractivity contribution in [2.24, 2.45) is 7.05 Å². The third-order valence-corrected chi connectivity index (χ3v) is 2.30. The van der Waals surface area contributed by atoms with E-state index in [1.807, 2.05) is 14.0 Å². The molecule has 0 spiro atoms. The number of halogens is 1. The Hall–Kier alpha value is -0.970. The average molecular weight is 227 g/mol. The van der Waals surface area contributed by atoms with E-state index in [2.05, 4.69) is 31.0 Å². The van der Waals surface area contributed by atoms with E-state index in [0.29, 0.717) is 0 Å². The molecule has 0 atom stereocenters. The van der Waals surface area contributed by atoms with Crippen molar-refractivity contribution in [3.8, 4) is 0 Å². The Morgan fingerprint density at radius 3 is 2.83 bits per heavy atom. The molecule has 2 heterocycles. The molecular formula is C7H7BrN4. The Balaban J connectivity index is 2.99. The van der Waals surface area contributed by atoms with E-state index < -0.39 is 0 Å². The van der Waals surface area contributed by atoms with Gasteiger partial charge in [0.25, 0.3) is 0 Å². The summed E-state index contributed by atoms with van der Waals surface area (Å²) in [5, 5.41) is 4.18. The fraction of sp³-hybridized carbons (Fsp3) is 0.286. The van der Waals surface area contributed by atoms with Crippen molar-refractivity contribution in [2.45, 2.75) is 6.92 Å². The molecule has 12 heavy (non-hydrogen) atoms. The molecule has 0 radical (unpaired) electrons. The molecule has 2 aromatic heterocycles. The van der Waals surface area contributed by atoms with Gasteiger partial charge in [0.05, 0.1) is 5.69 Å². The first kappa shape index (κ1) is 7.67. The lowest BCUT2D eigenvalue weighted by atomic mass is 10.3. The van der Waals surface area contributed by atoms with E-state index in [1.165, 1.54) is 0 Å². The van der Waals surface area contributed by atoms with E-state index in [1.54, 1.807) is 11.0 Å². The van der Waals surface area contributed by atoms with Gasteiger partial charge in [-0.05, 0) is 22.9 Å². The van der Waals surface area contributed by atoms with Crippen molar-refractivity contribution in [3.63, 3.8) is 0 Å². The smallest absolute Gasteiger partial charge is 0.154 e. The molecule has 0 N–H and O–H groups in total. The summed E-state index contributed by atoms with van der Waals surface area (Å²) in [6.07, 6.45) is 1.55. The molecule has 0 fully saturated rings. The van der Waals surface area contributed by atoms with Gasteiger partial charge in [0.1, 0.15) is 17.4 Å². The molecule has 0 saturated heterocycles. The molecule has 0 saturated carbocycles.